The third-order valence-corrected chi connectivity index (χ3v) is 5.16. The second kappa shape index (κ2) is 5.68. The van der Waals surface area contributed by atoms with Crippen LogP contribution in [0.2, 0.25) is 0 Å². The van der Waals surface area contributed by atoms with Crippen molar-refractivity contribution >= 4 is 15.9 Å². The van der Waals surface area contributed by atoms with Crippen LogP contribution in [-0.2, 0) is 0 Å². The molecule has 3 nitrogen and oxygen atoms in total. The fraction of sp³-hybridized carbons (Fsp3) is 0.667. The summed E-state index contributed by atoms with van der Waals surface area (Å²) in [6.45, 7) is 4.45. The van der Waals surface area contributed by atoms with Gasteiger partial charge in [0.15, 0.2) is 0 Å². The van der Waals surface area contributed by atoms with E-state index in [0.717, 1.165) is 30.2 Å². The predicted molar refractivity (Wildman–Crippen MR) is 76.2 cm³/mol. The Morgan fingerprint density at radius 3 is 2.53 bits per heavy atom. The van der Waals surface area contributed by atoms with Gasteiger partial charge < -0.3 is 9.52 Å². The van der Waals surface area contributed by atoms with Crippen LogP contribution in [0.5, 0.6) is 0 Å². The summed E-state index contributed by atoms with van der Waals surface area (Å²) in [5.74, 6) is 1.78. The molecule has 2 rings (SSSR count). The van der Waals surface area contributed by atoms with Crippen molar-refractivity contribution < 1.29 is 9.52 Å². The second-order valence-corrected chi connectivity index (χ2v) is 6.74. The molecule has 0 radical (unpaired) electrons. The minimum atomic E-state index is -0.852. The summed E-state index contributed by atoms with van der Waals surface area (Å²) in [5, 5.41) is 20.1. The first-order valence-electron chi connectivity index (χ1n) is 6.82. The average molecular weight is 326 g/mol. The van der Waals surface area contributed by atoms with Gasteiger partial charge in [-0.25, -0.2) is 0 Å². The summed E-state index contributed by atoms with van der Waals surface area (Å²) in [6.07, 6.45) is 4.16. The molecule has 0 amide bonds. The molecular formula is C15H20BrNO2. The summed E-state index contributed by atoms with van der Waals surface area (Å²) < 4.78 is 6.07. The highest BCUT2D eigenvalue weighted by Crippen LogP contribution is 2.49. The minimum Gasteiger partial charge on any atom is -0.465 e. The molecule has 1 aliphatic rings. The number of hydrogen-bond donors (Lipinski definition) is 1. The highest BCUT2D eigenvalue weighted by Gasteiger charge is 2.44. The molecule has 0 aromatic carbocycles. The first-order chi connectivity index (χ1) is 9.00. The fourth-order valence-corrected chi connectivity index (χ4v) is 3.44. The van der Waals surface area contributed by atoms with Crippen LogP contribution < -0.4 is 0 Å². The van der Waals surface area contributed by atoms with E-state index in [1.807, 2.05) is 0 Å². The van der Waals surface area contributed by atoms with Gasteiger partial charge in [0.25, 0.3) is 0 Å². The van der Waals surface area contributed by atoms with Gasteiger partial charge in [-0.2, -0.15) is 5.26 Å². The standard InChI is InChI=1S/C15H20BrNO2/c1-10(2)11-3-6-15(9-17,7-4-11)14(18)13-12(16)5-8-19-13/h5,8,10-11,14,18H,3-4,6-7H2,1-2H3. The molecule has 1 N–H and O–H groups in total. The van der Waals surface area contributed by atoms with Gasteiger partial charge in [0, 0.05) is 0 Å². The summed E-state index contributed by atoms with van der Waals surface area (Å²) in [4.78, 5) is 0. The van der Waals surface area contributed by atoms with E-state index >= 15 is 0 Å². The van der Waals surface area contributed by atoms with E-state index in [2.05, 4.69) is 35.8 Å². The van der Waals surface area contributed by atoms with Crippen LogP contribution in [-0.4, -0.2) is 5.11 Å². The Kier molecular flexibility index (Phi) is 4.37. The Labute approximate surface area is 122 Å². The lowest BCUT2D eigenvalue weighted by atomic mass is 9.65. The SMILES string of the molecule is CC(C)C1CCC(C#N)(C(O)c2occc2Br)CC1. The van der Waals surface area contributed by atoms with Gasteiger partial charge in [-0.1, -0.05) is 13.8 Å². The molecule has 1 aliphatic carbocycles. The van der Waals surface area contributed by atoms with Gasteiger partial charge in [-0.3, -0.25) is 0 Å². The Bertz CT molecular complexity index is 467. The molecular weight excluding hydrogens is 306 g/mol. The zero-order valence-electron chi connectivity index (χ0n) is 11.4. The van der Waals surface area contributed by atoms with E-state index in [-0.39, 0.29) is 0 Å². The zero-order valence-corrected chi connectivity index (χ0v) is 13.0. The van der Waals surface area contributed by atoms with Gasteiger partial charge in [0.05, 0.1) is 22.2 Å². The summed E-state index contributed by atoms with van der Waals surface area (Å²) in [5.41, 5.74) is -0.703. The van der Waals surface area contributed by atoms with Gasteiger partial charge in [0.2, 0.25) is 0 Å². The maximum atomic E-state index is 10.5. The van der Waals surface area contributed by atoms with Crippen molar-refractivity contribution in [2.45, 2.75) is 45.6 Å². The molecule has 0 spiro atoms. The van der Waals surface area contributed by atoms with Crippen LogP contribution in [0, 0.1) is 28.6 Å². The van der Waals surface area contributed by atoms with Crippen molar-refractivity contribution in [3.63, 3.8) is 0 Å². The average Bonchev–Trinajstić information content (AvgIpc) is 2.84. The lowest BCUT2D eigenvalue weighted by molar-refractivity contribution is 0.00457. The molecule has 1 heterocycles. The van der Waals surface area contributed by atoms with Crippen molar-refractivity contribution in [2.24, 2.45) is 17.3 Å². The first-order valence-corrected chi connectivity index (χ1v) is 7.61. The van der Waals surface area contributed by atoms with Crippen LogP contribution in [0.15, 0.2) is 21.2 Å². The third-order valence-electron chi connectivity index (χ3n) is 4.50. The van der Waals surface area contributed by atoms with Gasteiger partial charge in [-0.15, -0.1) is 0 Å². The number of furan rings is 1. The lowest BCUT2D eigenvalue weighted by Gasteiger charge is -2.38. The van der Waals surface area contributed by atoms with Crippen LogP contribution >= 0.6 is 15.9 Å². The van der Waals surface area contributed by atoms with Crippen LogP contribution in [0.25, 0.3) is 0 Å². The topological polar surface area (TPSA) is 57.2 Å². The molecule has 1 unspecified atom stereocenters. The summed E-state index contributed by atoms with van der Waals surface area (Å²) in [7, 11) is 0. The number of rotatable bonds is 3. The Balaban J connectivity index is 2.17. The number of aliphatic hydroxyl groups excluding tert-OH is 1. The summed E-state index contributed by atoms with van der Waals surface area (Å²) in [6, 6.07) is 4.11. The summed E-state index contributed by atoms with van der Waals surface area (Å²) >= 11 is 3.36. The number of aliphatic hydroxyl groups is 1. The van der Waals surface area contributed by atoms with Crippen LogP contribution in [0.4, 0.5) is 0 Å². The largest absolute Gasteiger partial charge is 0.465 e. The van der Waals surface area contributed by atoms with E-state index < -0.39 is 11.5 Å². The second-order valence-electron chi connectivity index (χ2n) is 5.88. The number of hydrogen-bond acceptors (Lipinski definition) is 3. The van der Waals surface area contributed by atoms with Crippen molar-refractivity contribution in [1.29, 1.82) is 5.26 Å². The monoisotopic (exact) mass is 325 g/mol. The molecule has 1 saturated carbocycles. The van der Waals surface area contributed by atoms with Gasteiger partial charge in [0.1, 0.15) is 11.9 Å². The van der Waals surface area contributed by atoms with Gasteiger partial charge >= 0.3 is 0 Å². The highest BCUT2D eigenvalue weighted by atomic mass is 79.9. The molecule has 1 atom stereocenters. The number of halogens is 1. The predicted octanol–water partition coefficient (Wildman–Crippen LogP) is 4.43. The number of nitrogens with zero attached hydrogens (tertiary/aromatic N) is 1. The fourth-order valence-electron chi connectivity index (χ4n) is 3.02. The highest BCUT2D eigenvalue weighted by molar-refractivity contribution is 9.10. The zero-order chi connectivity index (χ0) is 14.0. The molecule has 104 valence electrons. The molecule has 0 bridgehead atoms. The quantitative estimate of drug-likeness (QED) is 0.894. The molecule has 0 saturated heterocycles. The van der Waals surface area contributed by atoms with E-state index in [9.17, 15) is 10.4 Å². The van der Waals surface area contributed by atoms with Crippen LogP contribution in [0.1, 0.15) is 51.4 Å². The minimum absolute atomic E-state index is 0.476. The molecule has 0 aliphatic heterocycles. The Morgan fingerprint density at radius 1 is 1.47 bits per heavy atom. The molecule has 1 aromatic rings. The molecule has 4 heteroatoms. The Hall–Kier alpha value is -0.790. The smallest absolute Gasteiger partial charge is 0.148 e. The molecule has 1 fully saturated rings. The maximum Gasteiger partial charge on any atom is 0.148 e. The van der Waals surface area contributed by atoms with Crippen LogP contribution in [0.3, 0.4) is 0 Å². The maximum absolute atomic E-state index is 10.5. The van der Waals surface area contributed by atoms with E-state index in [1.165, 1.54) is 6.26 Å². The molecule has 1 aromatic heterocycles. The number of nitriles is 1. The van der Waals surface area contributed by atoms with E-state index in [0.29, 0.717) is 17.6 Å². The lowest BCUT2D eigenvalue weighted by Crippen LogP contribution is -2.33. The normalized spacial score (nSPS) is 29.2. The molecule has 19 heavy (non-hydrogen) atoms. The van der Waals surface area contributed by atoms with Gasteiger partial charge in [-0.05, 0) is 59.5 Å². The first kappa shape index (κ1) is 14.6. The van der Waals surface area contributed by atoms with Crippen molar-refractivity contribution in [2.75, 3.05) is 0 Å². The van der Waals surface area contributed by atoms with Crippen molar-refractivity contribution in [1.82, 2.24) is 0 Å². The third kappa shape index (κ3) is 2.73. The Morgan fingerprint density at radius 2 is 2.11 bits per heavy atom. The van der Waals surface area contributed by atoms with E-state index in [1.54, 1.807) is 6.07 Å². The van der Waals surface area contributed by atoms with Crippen molar-refractivity contribution in [3.05, 3.63) is 22.6 Å². The van der Waals surface area contributed by atoms with E-state index in [4.69, 9.17) is 4.42 Å². The van der Waals surface area contributed by atoms with Crippen molar-refractivity contribution in [3.8, 4) is 6.07 Å².